The van der Waals surface area contributed by atoms with E-state index in [-0.39, 0.29) is 11.9 Å². The minimum atomic E-state index is 0.130. The highest BCUT2D eigenvalue weighted by Crippen LogP contribution is 2.07. The highest BCUT2D eigenvalue weighted by atomic mass is 16.2. The number of carbonyl (C=O) groups is 1. The van der Waals surface area contributed by atoms with E-state index in [1.54, 1.807) is 12.4 Å². The van der Waals surface area contributed by atoms with Gasteiger partial charge in [-0.2, -0.15) is 0 Å². The molecule has 4 nitrogen and oxygen atoms in total. The normalized spacial score (nSPS) is 10.6. The molecule has 4 heteroatoms. The number of hydrogen-bond acceptors (Lipinski definition) is 3. The van der Waals surface area contributed by atoms with Crippen LogP contribution in [-0.4, -0.2) is 34.9 Å². The van der Waals surface area contributed by atoms with Crippen molar-refractivity contribution in [2.24, 2.45) is 0 Å². The van der Waals surface area contributed by atoms with E-state index in [2.05, 4.69) is 10.3 Å². The van der Waals surface area contributed by atoms with E-state index in [4.69, 9.17) is 0 Å². The Morgan fingerprint density at radius 3 is 2.82 bits per heavy atom. The standard InChI is InChI=1S/C13H21N3O/c1-4-14-9-13(17)16(11(2)3)10-12-6-5-7-15-8-12/h5-8,11,14H,4,9-10H2,1-3H3. The molecule has 0 saturated carbocycles. The van der Waals surface area contributed by atoms with Crippen LogP contribution in [0.5, 0.6) is 0 Å². The average Bonchev–Trinajstić information content (AvgIpc) is 2.34. The molecule has 0 aromatic carbocycles. The summed E-state index contributed by atoms with van der Waals surface area (Å²) in [6.07, 6.45) is 3.54. The second kappa shape index (κ2) is 7.01. The molecule has 1 N–H and O–H groups in total. The molecule has 1 aromatic heterocycles. The van der Waals surface area contributed by atoms with Crippen molar-refractivity contribution in [3.8, 4) is 0 Å². The molecule has 0 spiro atoms. The van der Waals surface area contributed by atoms with Crippen molar-refractivity contribution in [1.82, 2.24) is 15.2 Å². The van der Waals surface area contributed by atoms with Crippen LogP contribution in [0.4, 0.5) is 0 Å². The van der Waals surface area contributed by atoms with Gasteiger partial charge in [-0.1, -0.05) is 13.0 Å². The van der Waals surface area contributed by atoms with E-state index in [1.807, 2.05) is 37.8 Å². The zero-order valence-electron chi connectivity index (χ0n) is 10.8. The Morgan fingerprint density at radius 1 is 1.53 bits per heavy atom. The molecule has 0 aliphatic carbocycles. The Kier molecular flexibility index (Phi) is 5.63. The lowest BCUT2D eigenvalue weighted by Crippen LogP contribution is -2.41. The maximum Gasteiger partial charge on any atom is 0.237 e. The van der Waals surface area contributed by atoms with Crippen molar-refractivity contribution in [2.75, 3.05) is 13.1 Å². The molecular formula is C13H21N3O. The highest BCUT2D eigenvalue weighted by Gasteiger charge is 2.16. The molecule has 0 bridgehead atoms. The second-order valence-corrected chi connectivity index (χ2v) is 4.26. The van der Waals surface area contributed by atoms with Gasteiger partial charge in [0.05, 0.1) is 6.54 Å². The molecule has 1 heterocycles. The summed E-state index contributed by atoms with van der Waals surface area (Å²) >= 11 is 0. The van der Waals surface area contributed by atoms with Gasteiger partial charge in [0.2, 0.25) is 5.91 Å². The number of rotatable bonds is 6. The van der Waals surface area contributed by atoms with Crippen LogP contribution in [0.15, 0.2) is 24.5 Å². The third kappa shape index (κ3) is 4.53. The molecule has 0 atom stereocenters. The molecule has 0 unspecified atom stereocenters. The number of likely N-dealkylation sites (N-methyl/N-ethyl adjacent to an activating group) is 1. The van der Waals surface area contributed by atoms with E-state index >= 15 is 0 Å². The minimum Gasteiger partial charge on any atom is -0.335 e. The Morgan fingerprint density at radius 2 is 2.29 bits per heavy atom. The van der Waals surface area contributed by atoms with Gasteiger partial charge in [0.15, 0.2) is 0 Å². The van der Waals surface area contributed by atoms with E-state index < -0.39 is 0 Å². The molecule has 1 amide bonds. The third-order valence-corrected chi connectivity index (χ3v) is 2.55. The van der Waals surface area contributed by atoms with Gasteiger partial charge in [0.25, 0.3) is 0 Å². The van der Waals surface area contributed by atoms with Gasteiger partial charge in [-0.25, -0.2) is 0 Å². The zero-order chi connectivity index (χ0) is 12.7. The van der Waals surface area contributed by atoms with Gasteiger partial charge >= 0.3 is 0 Å². The second-order valence-electron chi connectivity index (χ2n) is 4.26. The maximum atomic E-state index is 12.0. The van der Waals surface area contributed by atoms with E-state index in [9.17, 15) is 4.79 Å². The summed E-state index contributed by atoms with van der Waals surface area (Å²) in [7, 11) is 0. The van der Waals surface area contributed by atoms with E-state index in [1.165, 1.54) is 0 Å². The molecule has 0 saturated heterocycles. The van der Waals surface area contributed by atoms with Gasteiger partial charge in [0, 0.05) is 25.0 Å². The molecule has 0 aliphatic rings. The van der Waals surface area contributed by atoms with Crippen LogP contribution in [0.1, 0.15) is 26.3 Å². The SMILES string of the molecule is CCNCC(=O)N(Cc1cccnc1)C(C)C. The molecule has 0 radical (unpaired) electrons. The fourth-order valence-corrected chi connectivity index (χ4v) is 1.58. The molecular weight excluding hydrogens is 214 g/mol. The third-order valence-electron chi connectivity index (χ3n) is 2.55. The van der Waals surface area contributed by atoms with Crippen LogP contribution in [0, 0.1) is 0 Å². The quantitative estimate of drug-likeness (QED) is 0.811. The summed E-state index contributed by atoms with van der Waals surface area (Å²) in [4.78, 5) is 17.9. The number of nitrogens with one attached hydrogen (secondary N) is 1. The van der Waals surface area contributed by atoms with Gasteiger partial charge in [-0.05, 0) is 32.0 Å². The van der Waals surface area contributed by atoms with Crippen molar-refractivity contribution in [3.63, 3.8) is 0 Å². The van der Waals surface area contributed by atoms with Gasteiger partial charge < -0.3 is 10.2 Å². The lowest BCUT2D eigenvalue weighted by molar-refractivity contribution is -0.132. The monoisotopic (exact) mass is 235 g/mol. The minimum absolute atomic E-state index is 0.130. The van der Waals surface area contributed by atoms with Crippen molar-refractivity contribution < 1.29 is 4.79 Å². The first-order chi connectivity index (χ1) is 8.15. The molecule has 0 aliphatic heterocycles. The number of amides is 1. The van der Waals surface area contributed by atoms with Crippen LogP contribution in [0.3, 0.4) is 0 Å². The number of pyridine rings is 1. The van der Waals surface area contributed by atoms with Crippen LogP contribution in [0.25, 0.3) is 0 Å². The van der Waals surface area contributed by atoms with Crippen LogP contribution < -0.4 is 5.32 Å². The lowest BCUT2D eigenvalue weighted by Gasteiger charge is -2.27. The summed E-state index contributed by atoms with van der Waals surface area (Å²) in [5.41, 5.74) is 1.06. The maximum absolute atomic E-state index is 12.0. The van der Waals surface area contributed by atoms with Gasteiger partial charge in [-0.15, -0.1) is 0 Å². The molecule has 1 rings (SSSR count). The Hall–Kier alpha value is -1.42. The first kappa shape index (κ1) is 13.6. The smallest absolute Gasteiger partial charge is 0.237 e. The van der Waals surface area contributed by atoms with Crippen molar-refractivity contribution >= 4 is 5.91 Å². The average molecular weight is 235 g/mol. The Balaban J connectivity index is 2.63. The zero-order valence-corrected chi connectivity index (χ0v) is 10.8. The Labute approximate surface area is 103 Å². The molecule has 94 valence electrons. The van der Waals surface area contributed by atoms with Gasteiger partial charge in [0.1, 0.15) is 0 Å². The summed E-state index contributed by atoms with van der Waals surface area (Å²) in [5, 5.41) is 3.06. The number of carbonyl (C=O) groups excluding carboxylic acids is 1. The van der Waals surface area contributed by atoms with Gasteiger partial charge in [-0.3, -0.25) is 9.78 Å². The van der Waals surface area contributed by atoms with Crippen molar-refractivity contribution in [3.05, 3.63) is 30.1 Å². The van der Waals surface area contributed by atoms with Crippen LogP contribution in [0.2, 0.25) is 0 Å². The first-order valence-electron chi connectivity index (χ1n) is 6.04. The van der Waals surface area contributed by atoms with E-state index in [0.717, 1.165) is 12.1 Å². The fourth-order valence-electron chi connectivity index (χ4n) is 1.58. The summed E-state index contributed by atoms with van der Waals surface area (Å²) < 4.78 is 0. The number of hydrogen-bond donors (Lipinski definition) is 1. The number of aromatic nitrogens is 1. The molecule has 1 aromatic rings. The van der Waals surface area contributed by atoms with Crippen LogP contribution >= 0.6 is 0 Å². The first-order valence-corrected chi connectivity index (χ1v) is 6.04. The highest BCUT2D eigenvalue weighted by molar-refractivity contribution is 5.78. The molecule has 0 fully saturated rings. The van der Waals surface area contributed by atoms with Crippen molar-refractivity contribution in [2.45, 2.75) is 33.4 Å². The molecule has 17 heavy (non-hydrogen) atoms. The largest absolute Gasteiger partial charge is 0.335 e. The topological polar surface area (TPSA) is 45.2 Å². The predicted octanol–water partition coefficient (Wildman–Crippen LogP) is 1.43. The summed E-state index contributed by atoms with van der Waals surface area (Å²) in [6, 6.07) is 4.08. The van der Waals surface area contributed by atoms with Crippen molar-refractivity contribution in [1.29, 1.82) is 0 Å². The predicted molar refractivity (Wildman–Crippen MR) is 68.5 cm³/mol. The lowest BCUT2D eigenvalue weighted by atomic mass is 10.2. The van der Waals surface area contributed by atoms with Crippen LogP contribution in [-0.2, 0) is 11.3 Å². The number of nitrogens with zero attached hydrogens (tertiary/aromatic N) is 2. The van der Waals surface area contributed by atoms with E-state index in [0.29, 0.717) is 13.1 Å². The summed E-state index contributed by atoms with van der Waals surface area (Å²) in [6.45, 7) is 7.88. The fraction of sp³-hybridized carbons (Fsp3) is 0.538. The summed E-state index contributed by atoms with van der Waals surface area (Å²) in [5.74, 6) is 0.130. The Bertz CT molecular complexity index is 338.